The first-order valence-electron chi connectivity index (χ1n) is 7.16. The number of aryl methyl sites for hydroxylation is 2. The van der Waals surface area contributed by atoms with Gasteiger partial charge < -0.3 is 10.6 Å². The van der Waals surface area contributed by atoms with Crippen molar-refractivity contribution in [3.63, 3.8) is 0 Å². The van der Waals surface area contributed by atoms with Crippen molar-refractivity contribution in [2.24, 2.45) is 0 Å². The Kier molecular flexibility index (Phi) is 6.77. The molecule has 0 atom stereocenters. The third-order valence-electron chi connectivity index (χ3n) is 3.26. The highest BCUT2D eigenvalue weighted by Gasteiger charge is 2.06. The minimum atomic E-state index is -0.101. The summed E-state index contributed by atoms with van der Waals surface area (Å²) in [5.74, 6) is -0.0526. The van der Waals surface area contributed by atoms with Gasteiger partial charge >= 0.3 is 0 Å². The van der Waals surface area contributed by atoms with E-state index in [4.69, 9.17) is 0 Å². The molecule has 0 aliphatic carbocycles. The molecule has 110 valence electrons. The van der Waals surface area contributed by atoms with Gasteiger partial charge in [-0.2, -0.15) is 0 Å². The first kappa shape index (κ1) is 16.2. The lowest BCUT2D eigenvalue weighted by atomic mass is 10.1. The molecule has 4 nitrogen and oxygen atoms in total. The number of carbonyl (C=O) groups excluding carboxylic acids is 2. The van der Waals surface area contributed by atoms with E-state index in [1.54, 1.807) is 0 Å². The van der Waals surface area contributed by atoms with Crippen molar-refractivity contribution in [1.29, 1.82) is 0 Å². The number of unbranched alkanes of at least 4 members (excludes halogenated alkanes) is 1. The Morgan fingerprint density at radius 3 is 2.40 bits per heavy atom. The van der Waals surface area contributed by atoms with Crippen LogP contribution in [-0.4, -0.2) is 24.9 Å². The fraction of sp³-hybridized carbons (Fsp3) is 0.500. The number of rotatable bonds is 7. The normalized spacial score (nSPS) is 10.2. The highest BCUT2D eigenvalue weighted by atomic mass is 16.2. The predicted octanol–water partition coefficient (Wildman–Crippen LogP) is 2.34. The zero-order chi connectivity index (χ0) is 15.0. The highest BCUT2D eigenvalue weighted by Crippen LogP contribution is 2.09. The van der Waals surface area contributed by atoms with Gasteiger partial charge in [-0.3, -0.25) is 9.59 Å². The lowest BCUT2D eigenvalue weighted by molar-refractivity contribution is -0.121. The Morgan fingerprint density at radius 2 is 1.75 bits per heavy atom. The summed E-state index contributed by atoms with van der Waals surface area (Å²) < 4.78 is 0. The van der Waals surface area contributed by atoms with Gasteiger partial charge in [-0.25, -0.2) is 0 Å². The molecule has 1 rings (SSSR count). The quantitative estimate of drug-likeness (QED) is 0.751. The van der Waals surface area contributed by atoms with Crippen LogP contribution in [0.4, 0.5) is 0 Å². The van der Waals surface area contributed by atoms with Crippen molar-refractivity contribution < 1.29 is 9.59 Å². The molecule has 0 aliphatic rings. The topological polar surface area (TPSA) is 58.2 Å². The van der Waals surface area contributed by atoms with E-state index in [2.05, 4.69) is 17.6 Å². The average molecular weight is 276 g/mol. The molecule has 2 amide bonds. The van der Waals surface area contributed by atoms with Crippen molar-refractivity contribution in [2.45, 2.75) is 40.0 Å². The maximum Gasteiger partial charge on any atom is 0.251 e. The first-order valence-corrected chi connectivity index (χ1v) is 7.16. The summed E-state index contributed by atoms with van der Waals surface area (Å²) in [6, 6.07) is 5.64. The highest BCUT2D eigenvalue weighted by molar-refractivity contribution is 5.94. The van der Waals surface area contributed by atoms with Gasteiger partial charge in [0, 0.05) is 25.1 Å². The molecule has 1 aromatic carbocycles. The maximum absolute atomic E-state index is 11.9. The predicted molar refractivity (Wildman–Crippen MR) is 80.8 cm³/mol. The number of hydrogen-bond acceptors (Lipinski definition) is 2. The molecule has 0 spiro atoms. The van der Waals surface area contributed by atoms with Crippen LogP contribution in [0.2, 0.25) is 0 Å². The van der Waals surface area contributed by atoms with Crippen LogP contribution in [0.1, 0.15) is 47.7 Å². The largest absolute Gasteiger partial charge is 0.354 e. The third kappa shape index (κ3) is 5.43. The van der Waals surface area contributed by atoms with Crippen LogP contribution < -0.4 is 10.6 Å². The summed E-state index contributed by atoms with van der Waals surface area (Å²) >= 11 is 0. The summed E-state index contributed by atoms with van der Waals surface area (Å²) in [5.41, 5.74) is 2.93. The minimum absolute atomic E-state index is 0.0484. The monoisotopic (exact) mass is 276 g/mol. The number of carbonyl (C=O) groups is 2. The van der Waals surface area contributed by atoms with Crippen LogP contribution >= 0.6 is 0 Å². The Balaban J connectivity index is 2.29. The zero-order valence-corrected chi connectivity index (χ0v) is 12.6. The van der Waals surface area contributed by atoms with E-state index >= 15 is 0 Å². The summed E-state index contributed by atoms with van der Waals surface area (Å²) in [6.45, 7) is 6.97. The molecule has 4 heteroatoms. The summed E-state index contributed by atoms with van der Waals surface area (Å²) in [7, 11) is 0. The van der Waals surface area contributed by atoms with Gasteiger partial charge in [0.25, 0.3) is 5.91 Å². The molecule has 0 heterocycles. The molecule has 1 aromatic rings. The Labute approximate surface area is 121 Å². The van der Waals surface area contributed by atoms with Crippen LogP contribution in [0.25, 0.3) is 0 Å². The van der Waals surface area contributed by atoms with Crippen molar-refractivity contribution in [2.75, 3.05) is 13.1 Å². The summed E-state index contributed by atoms with van der Waals surface area (Å²) in [5, 5.41) is 5.59. The third-order valence-corrected chi connectivity index (χ3v) is 3.26. The maximum atomic E-state index is 11.9. The van der Waals surface area contributed by atoms with Crippen LogP contribution in [-0.2, 0) is 4.79 Å². The second-order valence-electron chi connectivity index (χ2n) is 5.01. The fourth-order valence-corrected chi connectivity index (χ4v) is 1.79. The number of benzene rings is 1. The van der Waals surface area contributed by atoms with Gasteiger partial charge in [0.15, 0.2) is 0 Å². The lowest BCUT2D eigenvalue weighted by Gasteiger charge is -2.08. The molecule has 0 unspecified atom stereocenters. The van der Waals surface area contributed by atoms with E-state index in [0.717, 1.165) is 18.4 Å². The Morgan fingerprint density at radius 1 is 1.05 bits per heavy atom. The van der Waals surface area contributed by atoms with Gasteiger partial charge in [-0.15, -0.1) is 0 Å². The molecule has 0 aromatic heterocycles. The van der Waals surface area contributed by atoms with Crippen LogP contribution in [0, 0.1) is 13.8 Å². The number of hydrogen-bond donors (Lipinski definition) is 2. The van der Waals surface area contributed by atoms with E-state index in [-0.39, 0.29) is 11.8 Å². The Bertz CT molecular complexity index is 470. The van der Waals surface area contributed by atoms with Crippen molar-refractivity contribution in [3.05, 3.63) is 34.9 Å². The number of amides is 2. The molecular formula is C16H24N2O2. The zero-order valence-electron chi connectivity index (χ0n) is 12.6. The molecule has 2 N–H and O–H groups in total. The first-order chi connectivity index (χ1) is 9.54. The molecule has 0 bridgehead atoms. The van der Waals surface area contributed by atoms with E-state index in [1.807, 2.05) is 32.0 Å². The van der Waals surface area contributed by atoms with Gasteiger partial charge in [-0.05, 0) is 43.5 Å². The van der Waals surface area contributed by atoms with Crippen molar-refractivity contribution in [3.8, 4) is 0 Å². The van der Waals surface area contributed by atoms with E-state index in [1.165, 1.54) is 5.56 Å². The summed E-state index contributed by atoms with van der Waals surface area (Å²) in [6.07, 6.45) is 2.47. The van der Waals surface area contributed by atoms with E-state index < -0.39 is 0 Å². The Hall–Kier alpha value is -1.84. The van der Waals surface area contributed by atoms with Crippen LogP contribution in [0.3, 0.4) is 0 Å². The second-order valence-corrected chi connectivity index (χ2v) is 5.01. The lowest BCUT2D eigenvalue weighted by Crippen LogP contribution is -2.34. The van der Waals surface area contributed by atoms with Gasteiger partial charge in [0.05, 0.1) is 0 Å². The standard InChI is InChI=1S/C16H24N2O2/c1-4-5-6-15(19)17-9-10-18-16(20)14-8-7-12(2)13(3)11-14/h7-8,11H,4-6,9-10H2,1-3H3,(H,17,19)(H,18,20). The van der Waals surface area contributed by atoms with Gasteiger partial charge in [-0.1, -0.05) is 19.4 Å². The molecular weight excluding hydrogens is 252 g/mol. The molecule has 0 radical (unpaired) electrons. The molecule has 0 saturated carbocycles. The van der Waals surface area contributed by atoms with E-state index in [0.29, 0.717) is 25.1 Å². The van der Waals surface area contributed by atoms with E-state index in [9.17, 15) is 9.59 Å². The molecule has 0 fully saturated rings. The molecule has 0 saturated heterocycles. The van der Waals surface area contributed by atoms with Crippen LogP contribution in [0.5, 0.6) is 0 Å². The van der Waals surface area contributed by atoms with Crippen molar-refractivity contribution >= 4 is 11.8 Å². The summed E-state index contributed by atoms with van der Waals surface area (Å²) in [4.78, 5) is 23.3. The van der Waals surface area contributed by atoms with Crippen LogP contribution in [0.15, 0.2) is 18.2 Å². The molecule has 20 heavy (non-hydrogen) atoms. The minimum Gasteiger partial charge on any atom is -0.354 e. The van der Waals surface area contributed by atoms with Gasteiger partial charge in [0.1, 0.15) is 0 Å². The fourth-order valence-electron chi connectivity index (χ4n) is 1.79. The molecule has 0 aliphatic heterocycles. The van der Waals surface area contributed by atoms with Crippen molar-refractivity contribution in [1.82, 2.24) is 10.6 Å². The number of nitrogens with one attached hydrogen (secondary N) is 2. The smallest absolute Gasteiger partial charge is 0.251 e. The van der Waals surface area contributed by atoms with Gasteiger partial charge in [0.2, 0.25) is 5.91 Å². The average Bonchev–Trinajstić information content (AvgIpc) is 2.44. The SMILES string of the molecule is CCCCC(=O)NCCNC(=O)c1ccc(C)c(C)c1. The second kappa shape index (κ2) is 8.35.